The Kier molecular flexibility index (Phi) is 16.2. The molecule has 0 N–H and O–H groups in total. The summed E-state index contributed by atoms with van der Waals surface area (Å²) in [6, 6.07) is 0. The van der Waals surface area contributed by atoms with Crippen LogP contribution in [0.5, 0.6) is 0 Å². The van der Waals surface area contributed by atoms with E-state index in [0.717, 1.165) is 30.5 Å². The van der Waals surface area contributed by atoms with Gasteiger partial charge >= 0.3 is 0 Å². The van der Waals surface area contributed by atoms with Gasteiger partial charge in [-0.25, -0.2) is 0 Å². The summed E-state index contributed by atoms with van der Waals surface area (Å²) in [5.74, 6) is 0. The SMILES string of the molecule is SCSc1c(SCS)c(SCS)c(SCS)c(SCS)c1SCS. The number of thiol groups is 6. The van der Waals surface area contributed by atoms with Crippen LogP contribution in [0.4, 0.5) is 0 Å². The van der Waals surface area contributed by atoms with E-state index in [0.29, 0.717) is 0 Å². The van der Waals surface area contributed by atoms with Crippen molar-refractivity contribution < 1.29 is 0 Å². The standard InChI is InChI=1S/C12H18S12/c13-1-19-7-8(20-2-14)10(22-4-16)12(24-6-18)11(23-5-17)9(7)21-3-15/h13-18H,1-6H2. The van der Waals surface area contributed by atoms with Gasteiger partial charge in [0.1, 0.15) is 0 Å². The largest absolute Gasteiger partial charge is 0.168 e. The molecule has 1 rings (SSSR count). The fraction of sp³-hybridized carbons (Fsp3) is 0.500. The van der Waals surface area contributed by atoms with Crippen LogP contribution in [0.2, 0.25) is 0 Å². The Morgan fingerprint density at radius 3 is 0.542 bits per heavy atom. The summed E-state index contributed by atoms with van der Waals surface area (Å²) in [4.78, 5) is 7.67. The number of rotatable bonds is 12. The second-order valence-corrected chi connectivity index (χ2v) is 14.0. The van der Waals surface area contributed by atoms with Crippen molar-refractivity contribution in [3.8, 4) is 0 Å². The first kappa shape index (κ1) is 25.5. The van der Waals surface area contributed by atoms with E-state index < -0.39 is 0 Å². The quantitative estimate of drug-likeness (QED) is 0.0903. The van der Waals surface area contributed by atoms with Crippen molar-refractivity contribution >= 4 is 146 Å². The molecule has 24 heavy (non-hydrogen) atoms. The summed E-state index contributed by atoms with van der Waals surface area (Å²) in [6.45, 7) is 0. The van der Waals surface area contributed by atoms with Gasteiger partial charge in [-0.05, 0) is 0 Å². The first-order valence-electron chi connectivity index (χ1n) is 6.35. The Morgan fingerprint density at radius 2 is 0.458 bits per heavy atom. The van der Waals surface area contributed by atoms with Gasteiger partial charge in [0.25, 0.3) is 0 Å². The summed E-state index contributed by atoms with van der Waals surface area (Å²) >= 11 is 37.3. The summed E-state index contributed by atoms with van der Waals surface area (Å²) in [5.41, 5.74) is 0. The molecule has 0 heterocycles. The number of hydrogen-bond acceptors (Lipinski definition) is 12. The molecular weight excluding hydrogens is 529 g/mol. The lowest BCUT2D eigenvalue weighted by Gasteiger charge is -2.23. The Labute approximate surface area is 203 Å². The minimum absolute atomic E-state index is 0.731. The molecule has 0 spiro atoms. The Hall–Kier alpha value is 3.42. The van der Waals surface area contributed by atoms with Gasteiger partial charge in [0.05, 0.1) is 0 Å². The predicted molar refractivity (Wildman–Crippen MR) is 145 cm³/mol. The molecule has 0 unspecified atom stereocenters. The first-order valence-corrected chi connectivity index (χ1v) is 16.1. The zero-order valence-corrected chi connectivity index (χ0v) is 22.6. The number of hydrogen-bond donors (Lipinski definition) is 6. The monoisotopic (exact) mass is 546 g/mol. The molecule has 0 aliphatic heterocycles. The minimum atomic E-state index is 0.731. The molecular formula is C12H18S12. The van der Waals surface area contributed by atoms with Gasteiger partial charge in [-0.3, -0.25) is 0 Å². The van der Waals surface area contributed by atoms with Crippen LogP contribution in [0.15, 0.2) is 29.4 Å². The van der Waals surface area contributed by atoms with E-state index in [1.54, 1.807) is 70.6 Å². The molecule has 0 fully saturated rings. The molecule has 138 valence electrons. The number of thioether (sulfide) groups is 6. The van der Waals surface area contributed by atoms with E-state index in [-0.39, 0.29) is 0 Å². The third kappa shape index (κ3) is 7.35. The summed E-state index contributed by atoms with van der Waals surface area (Å²) in [6.07, 6.45) is 0. The van der Waals surface area contributed by atoms with Gasteiger partial charge in [-0.15, -0.1) is 70.6 Å². The lowest BCUT2D eigenvalue weighted by Crippen LogP contribution is -1.97. The molecule has 0 bridgehead atoms. The van der Waals surface area contributed by atoms with Gasteiger partial charge in [-0.1, -0.05) is 0 Å². The molecule has 0 saturated carbocycles. The van der Waals surface area contributed by atoms with Crippen molar-refractivity contribution in [3.63, 3.8) is 0 Å². The molecule has 0 atom stereocenters. The molecule has 1 aromatic carbocycles. The van der Waals surface area contributed by atoms with E-state index in [1.807, 2.05) is 0 Å². The predicted octanol–water partition coefficient (Wildman–Crippen LogP) is 7.56. The second-order valence-electron chi connectivity index (χ2n) is 3.62. The average Bonchev–Trinajstić information content (AvgIpc) is 2.57. The van der Waals surface area contributed by atoms with Crippen molar-refractivity contribution in [2.24, 2.45) is 0 Å². The number of benzene rings is 1. The Balaban J connectivity index is 3.74. The van der Waals surface area contributed by atoms with Gasteiger partial charge in [-0.2, -0.15) is 75.8 Å². The lowest BCUT2D eigenvalue weighted by atomic mass is 10.3. The molecule has 0 radical (unpaired) electrons. The second kappa shape index (κ2) is 15.3. The van der Waals surface area contributed by atoms with Crippen molar-refractivity contribution in [3.05, 3.63) is 0 Å². The minimum Gasteiger partial charge on any atom is -0.168 e. The van der Waals surface area contributed by atoms with Crippen LogP contribution in [0.25, 0.3) is 0 Å². The fourth-order valence-electron chi connectivity index (χ4n) is 1.79. The Bertz CT molecular complexity index is 369. The molecule has 1 aromatic rings. The van der Waals surface area contributed by atoms with E-state index in [9.17, 15) is 0 Å². The van der Waals surface area contributed by atoms with Crippen LogP contribution >= 0.6 is 146 Å². The van der Waals surface area contributed by atoms with Gasteiger partial charge in [0.15, 0.2) is 0 Å². The first-order chi connectivity index (χ1) is 11.7. The summed E-state index contributed by atoms with van der Waals surface area (Å²) < 4.78 is 0. The van der Waals surface area contributed by atoms with Gasteiger partial charge < -0.3 is 0 Å². The summed E-state index contributed by atoms with van der Waals surface area (Å²) in [5, 5.41) is 4.39. The molecule has 0 aliphatic rings. The van der Waals surface area contributed by atoms with Crippen molar-refractivity contribution in [2.75, 3.05) is 30.5 Å². The van der Waals surface area contributed by atoms with E-state index in [2.05, 4.69) is 75.8 Å². The molecule has 0 nitrogen and oxygen atoms in total. The highest BCUT2D eigenvalue weighted by atomic mass is 32.2. The Morgan fingerprint density at radius 1 is 0.333 bits per heavy atom. The fourth-order valence-corrected chi connectivity index (χ4v) is 10.2. The van der Waals surface area contributed by atoms with Crippen LogP contribution in [0.3, 0.4) is 0 Å². The van der Waals surface area contributed by atoms with E-state index >= 15 is 0 Å². The third-order valence-electron chi connectivity index (χ3n) is 2.49. The zero-order valence-electron chi connectivity index (χ0n) is 12.4. The van der Waals surface area contributed by atoms with Crippen molar-refractivity contribution in [1.82, 2.24) is 0 Å². The lowest BCUT2D eigenvalue weighted by molar-refractivity contribution is 0.878. The highest BCUT2D eigenvalue weighted by Gasteiger charge is 2.25. The molecule has 0 amide bonds. The van der Waals surface area contributed by atoms with Gasteiger partial charge in [0, 0.05) is 59.9 Å². The third-order valence-corrected chi connectivity index (χ3v) is 10.5. The van der Waals surface area contributed by atoms with E-state index in [1.165, 1.54) is 29.4 Å². The molecule has 0 aliphatic carbocycles. The highest BCUT2D eigenvalue weighted by Crippen LogP contribution is 2.54. The van der Waals surface area contributed by atoms with Crippen LogP contribution in [0, 0.1) is 0 Å². The van der Waals surface area contributed by atoms with Crippen molar-refractivity contribution in [2.45, 2.75) is 29.4 Å². The maximum atomic E-state index is 4.45. The van der Waals surface area contributed by atoms with Crippen LogP contribution in [-0.2, 0) is 0 Å². The van der Waals surface area contributed by atoms with Crippen LogP contribution < -0.4 is 0 Å². The zero-order chi connectivity index (χ0) is 17.9. The van der Waals surface area contributed by atoms with Gasteiger partial charge in [0.2, 0.25) is 0 Å². The van der Waals surface area contributed by atoms with E-state index in [4.69, 9.17) is 0 Å². The topological polar surface area (TPSA) is 0 Å². The maximum absolute atomic E-state index is 4.45. The van der Waals surface area contributed by atoms with Crippen LogP contribution in [0.1, 0.15) is 0 Å². The van der Waals surface area contributed by atoms with Crippen LogP contribution in [-0.4, -0.2) is 30.5 Å². The molecule has 12 heteroatoms. The average molecular weight is 547 g/mol. The molecule has 0 saturated heterocycles. The normalized spacial score (nSPS) is 11.2. The smallest absolute Gasteiger partial charge is 0.0410 e. The van der Waals surface area contributed by atoms with Crippen molar-refractivity contribution in [1.29, 1.82) is 0 Å². The highest BCUT2D eigenvalue weighted by molar-refractivity contribution is 8.15. The summed E-state index contributed by atoms with van der Waals surface area (Å²) in [7, 11) is 0. The molecule has 0 aromatic heterocycles. The maximum Gasteiger partial charge on any atom is 0.0410 e.